The summed E-state index contributed by atoms with van der Waals surface area (Å²) < 4.78 is 1.51. The maximum atomic E-state index is 3.72. The molecule has 0 amide bonds. The van der Waals surface area contributed by atoms with E-state index in [4.69, 9.17) is 0 Å². The third-order valence-electron chi connectivity index (χ3n) is 2.66. The highest BCUT2D eigenvalue weighted by Crippen LogP contribution is 2.43. The standard InChI is InChI=1S/C10H16Br2/c1-7(2)8-4-5-10(3,12)9(11)6-8/h6-8H,4-5H2,1-3H3. The molecule has 0 aromatic heterocycles. The van der Waals surface area contributed by atoms with Gasteiger partial charge in [-0.2, -0.15) is 0 Å². The number of rotatable bonds is 1. The lowest BCUT2D eigenvalue weighted by Gasteiger charge is -2.32. The molecule has 0 heterocycles. The molecule has 0 saturated heterocycles. The van der Waals surface area contributed by atoms with Crippen LogP contribution >= 0.6 is 31.9 Å². The molecule has 1 rings (SSSR count). The highest BCUT2D eigenvalue weighted by Gasteiger charge is 2.30. The molecular formula is C10H16Br2. The number of hydrogen-bond donors (Lipinski definition) is 0. The second-order valence-corrected chi connectivity index (χ2v) is 6.76. The Morgan fingerprint density at radius 1 is 1.58 bits per heavy atom. The van der Waals surface area contributed by atoms with Crippen molar-refractivity contribution in [3.8, 4) is 0 Å². The summed E-state index contributed by atoms with van der Waals surface area (Å²) in [5.41, 5.74) is 0. The zero-order chi connectivity index (χ0) is 9.35. The summed E-state index contributed by atoms with van der Waals surface area (Å²) in [6, 6.07) is 0. The van der Waals surface area contributed by atoms with E-state index in [1.807, 2.05) is 0 Å². The second kappa shape index (κ2) is 3.83. The second-order valence-electron chi connectivity index (χ2n) is 4.16. The molecule has 0 spiro atoms. The van der Waals surface area contributed by atoms with Crippen molar-refractivity contribution >= 4 is 31.9 Å². The lowest BCUT2D eigenvalue weighted by atomic mass is 9.83. The number of allylic oxidation sites excluding steroid dienone is 2. The van der Waals surface area contributed by atoms with E-state index in [2.05, 4.69) is 58.7 Å². The molecule has 0 aliphatic heterocycles. The summed E-state index contributed by atoms with van der Waals surface area (Å²) in [5.74, 6) is 1.52. The first-order valence-electron chi connectivity index (χ1n) is 4.50. The molecule has 0 fully saturated rings. The smallest absolute Gasteiger partial charge is 0.0540 e. The molecule has 1 aliphatic carbocycles. The Balaban J connectivity index is 2.75. The van der Waals surface area contributed by atoms with Crippen molar-refractivity contribution in [2.75, 3.05) is 0 Å². The van der Waals surface area contributed by atoms with Gasteiger partial charge in [-0.1, -0.05) is 51.8 Å². The van der Waals surface area contributed by atoms with E-state index >= 15 is 0 Å². The third-order valence-corrected chi connectivity index (χ3v) is 5.16. The normalized spacial score (nSPS) is 36.8. The molecule has 2 unspecified atom stereocenters. The average Bonchev–Trinajstić information content (AvgIpc) is 1.94. The van der Waals surface area contributed by atoms with Gasteiger partial charge in [0.1, 0.15) is 0 Å². The van der Waals surface area contributed by atoms with Crippen LogP contribution in [0.4, 0.5) is 0 Å². The SMILES string of the molecule is CC(C)C1C=C(Br)C(C)(Br)CC1. The molecule has 2 heteroatoms. The van der Waals surface area contributed by atoms with Crippen LogP contribution in [0, 0.1) is 11.8 Å². The Morgan fingerprint density at radius 2 is 2.17 bits per heavy atom. The summed E-state index contributed by atoms with van der Waals surface area (Å²) >= 11 is 7.35. The molecular weight excluding hydrogens is 280 g/mol. The van der Waals surface area contributed by atoms with Crippen LogP contribution in [0.5, 0.6) is 0 Å². The molecule has 70 valence electrons. The first kappa shape index (κ1) is 10.8. The summed E-state index contributed by atoms with van der Waals surface area (Å²) in [6.07, 6.45) is 4.89. The lowest BCUT2D eigenvalue weighted by molar-refractivity contribution is 0.394. The molecule has 0 nitrogen and oxygen atoms in total. The minimum atomic E-state index is 0.193. The molecule has 0 bridgehead atoms. The Bertz CT molecular complexity index is 192. The van der Waals surface area contributed by atoms with Crippen molar-refractivity contribution in [3.63, 3.8) is 0 Å². The number of hydrogen-bond acceptors (Lipinski definition) is 0. The lowest BCUT2D eigenvalue weighted by Crippen LogP contribution is -2.24. The van der Waals surface area contributed by atoms with Gasteiger partial charge in [0.2, 0.25) is 0 Å². The van der Waals surface area contributed by atoms with Gasteiger partial charge < -0.3 is 0 Å². The molecule has 1 aliphatic rings. The van der Waals surface area contributed by atoms with Crippen molar-refractivity contribution in [1.82, 2.24) is 0 Å². The van der Waals surface area contributed by atoms with Gasteiger partial charge in [-0.25, -0.2) is 0 Å². The van der Waals surface area contributed by atoms with Crippen LogP contribution in [-0.2, 0) is 0 Å². The molecule has 0 N–H and O–H groups in total. The van der Waals surface area contributed by atoms with Gasteiger partial charge >= 0.3 is 0 Å². The van der Waals surface area contributed by atoms with E-state index in [0.717, 1.165) is 11.8 Å². The summed E-state index contributed by atoms with van der Waals surface area (Å²) in [4.78, 5) is 0. The van der Waals surface area contributed by atoms with Crippen LogP contribution in [0.3, 0.4) is 0 Å². The van der Waals surface area contributed by atoms with E-state index in [9.17, 15) is 0 Å². The summed E-state index contributed by atoms with van der Waals surface area (Å²) in [6.45, 7) is 6.81. The van der Waals surface area contributed by atoms with Crippen LogP contribution in [0.1, 0.15) is 33.6 Å². The molecule has 0 saturated carbocycles. The van der Waals surface area contributed by atoms with Gasteiger partial charge in [-0.3, -0.25) is 0 Å². The van der Waals surface area contributed by atoms with Crippen LogP contribution in [0.2, 0.25) is 0 Å². The third kappa shape index (κ3) is 2.35. The van der Waals surface area contributed by atoms with E-state index in [-0.39, 0.29) is 4.32 Å². The van der Waals surface area contributed by atoms with Crippen molar-refractivity contribution in [3.05, 3.63) is 10.6 Å². The van der Waals surface area contributed by atoms with Crippen molar-refractivity contribution in [2.24, 2.45) is 11.8 Å². The predicted octanol–water partition coefficient (Wildman–Crippen LogP) is 4.48. The Labute approximate surface area is 92.1 Å². The highest BCUT2D eigenvalue weighted by molar-refractivity contribution is 9.14. The minimum Gasteiger partial charge on any atom is -0.0799 e. The molecule has 0 aromatic rings. The van der Waals surface area contributed by atoms with E-state index < -0.39 is 0 Å². The van der Waals surface area contributed by atoms with Gasteiger partial charge in [-0.05, 0) is 31.6 Å². The van der Waals surface area contributed by atoms with Crippen LogP contribution < -0.4 is 0 Å². The molecule has 0 radical (unpaired) electrons. The predicted molar refractivity (Wildman–Crippen MR) is 61.9 cm³/mol. The maximum Gasteiger partial charge on any atom is 0.0540 e. The summed E-state index contributed by atoms with van der Waals surface area (Å²) in [7, 11) is 0. The number of halogens is 2. The zero-order valence-corrected chi connectivity index (χ0v) is 11.1. The molecule has 12 heavy (non-hydrogen) atoms. The zero-order valence-electron chi connectivity index (χ0n) is 7.90. The van der Waals surface area contributed by atoms with Gasteiger partial charge in [0.05, 0.1) is 4.32 Å². The van der Waals surface area contributed by atoms with Crippen LogP contribution in [0.15, 0.2) is 10.6 Å². The number of alkyl halides is 1. The minimum absolute atomic E-state index is 0.193. The van der Waals surface area contributed by atoms with Crippen molar-refractivity contribution in [1.29, 1.82) is 0 Å². The average molecular weight is 296 g/mol. The fraction of sp³-hybridized carbons (Fsp3) is 0.800. The topological polar surface area (TPSA) is 0 Å². The largest absolute Gasteiger partial charge is 0.0799 e. The summed E-state index contributed by atoms with van der Waals surface area (Å²) in [5, 5.41) is 0. The van der Waals surface area contributed by atoms with E-state index in [1.54, 1.807) is 0 Å². The van der Waals surface area contributed by atoms with Gasteiger partial charge in [0.25, 0.3) is 0 Å². The van der Waals surface area contributed by atoms with Gasteiger partial charge in [0, 0.05) is 4.48 Å². The van der Waals surface area contributed by atoms with Crippen LogP contribution in [-0.4, -0.2) is 4.32 Å². The van der Waals surface area contributed by atoms with Crippen molar-refractivity contribution in [2.45, 2.75) is 37.9 Å². The molecule has 0 aromatic carbocycles. The van der Waals surface area contributed by atoms with E-state index in [1.165, 1.54) is 17.3 Å². The Morgan fingerprint density at radius 3 is 2.58 bits per heavy atom. The van der Waals surface area contributed by atoms with Gasteiger partial charge in [0.15, 0.2) is 0 Å². The Hall–Kier alpha value is 0.700. The fourth-order valence-electron chi connectivity index (χ4n) is 1.53. The first-order valence-corrected chi connectivity index (χ1v) is 6.09. The first-order chi connectivity index (χ1) is 5.43. The van der Waals surface area contributed by atoms with Crippen molar-refractivity contribution < 1.29 is 0 Å². The van der Waals surface area contributed by atoms with Crippen LogP contribution in [0.25, 0.3) is 0 Å². The monoisotopic (exact) mass is 294 g/mol. The quantitative estimate of drug-likeness (QED) is 0.626. The highest BCUT2D eigenvalue weighted by atomic mass is 79.9. The van der Waals surface area contributed by atoms with Gasteiger partial charge in [-0.15, -0.1) is 0 Å². The van der Waals surface area contributed by atoms with E-state index in [0.29, 0.717) is 0 Å². The molecule has 2 atom stereocenters. The fourth-order valence-corrected chi connectivity index (χ4v) is 2.43. The maximum absolute atomic E-state index is 3.72. The Kier molecular flexibility index (Phi) is 3.44.